The molecule has 2 heterocycles. The average Bonchev–Trinajstić information content (AvgIpc) is 2.77. The molecule has 4 heteroatoms. The van der Waals surface area contributed by atoms with Crippen molar-refractivity contribution in [3.63, 3.8) is 0 Å². The number of likely N-dealkylation sites (N-methyl/N-ethyl adjacent to an activating group) is 1. The molecule has 0 aliphatic heterocycles. The van der Waals surface area contributed by atoms with Crippen LogP contribution in [0.3, 0.4) is 0 Å². The Hall–Kier alpha value is -1.52. The van der Waals surface area contributed by atoms with E-state index in [9.17, 15) is 4.79 Å². The minimum atomic E-state index is 0.204. The molecule has 0 aliphatic rings. The van der Waals surface area contributed by atoms with E-state index in [2.05, 4.69) is 9.88 Å². The third-order valence-electron chi connectivity index (χ3n) is 3.23. The van der Waals surface area contributed by atoms with E-state index in [1.807, 2.05) is 45.2 Å². The number of pyridine rings is 1. The van der Waals surface area contributed by atoms with E-state index in [0.29, 0.717) is 6.54 Å². The molecule has 0 bridgehead atoms. The van der Waals surface area contributed by atoms with E-state index in [1.54, 1.807) is 17.5 Å². The molecular formula is C16H20N2OS. The highest BCUT2D eigenvalue weighted by Gasteiger charge is 2.14. The van der Waals surface area contributed by atoms with E-state index < -0.39 is 0 Å². The first-order chi connectivity index (χ1) is 9.56. The van der Waals surface area contributed by atoms with Crippen LogP contribution in [0, 0.1) is 13.8 Å². The number of hydrogen-bond donors (Lipinski definition) is 0. The lowest BCUT2D eigenvalue weighted by Gasteiger charge is -2.15. The number of aryl methyl sites for hydroxylation is 2. The Kier molecular flexibility index (Phi) is 5.04. The van der Waals surface area contributed by atoms with Gasteiger partial charge < -0.3 is 0 Å². The van der Waals surface area contributed by atoms with E-state index in [4.69, 9.17) is 0 Å². The summed E-state index contributed by atoms with van der Waals surface area (Å²) in [6, 6.07) is 7.92. The first kappa shape index (κ1) is 14.9. The molecule has 0 aliphatic carbocycles. The van der Waals surface area contributed by atoms with Crippen LogP contribution in [0.5, 0.6) is 0 Å². The zero-order chi connectivity index (χ0) is 14.5. The van der Waals surface area contributed by atoms with Crippen molar-refractivity contribution >= 4 is 17.1 Å². The molecule has 0 spiro atoms. The summed E-state index contributed by atoms with van der Waals surface area (Å²) in [6.07, 6.45) is 2.67. The first-order valence-corrected chi connectivity index (χ1v) is 7.56. The standard InChI is InChI=1S/C16H20N2OS/c1-12-10-15(13(2)20-12)16(19)11-18(3)9-7-14-6-4-5-8-17-14/h4-6,8,10H,7,9,11H2,1-3H3. The minimum Gasteiger partial charge on any atom is -0.299 e. The highest BCUT2D eigenvalue weighted by atomic mass is 32.1. The fourth-order valence-electron chi connectivity index (χ4n) is 2.17. The number of Topliss-reactive ketones (excluding diaryl/α,β-unsaturated/α-hetero) is 1. The van der Waals surface area contributed by atoms with Gasteiger partial charge in [0.05, 0.1) is 6.54 Å². The number of carbonyl (C=O) groups excluding carboxylic acids is 1. The lowest BCUT2D eigenvalue weighted by atomic mass is 10.1. The Balaban J connectivity index is 1.87. The molecule has 0 saturated carbocycles. The average molecular weight is 288 g/mol. The van der Waals surface area contributed by atoms with Gasteiger partial charge in [0.25, 0.3) is 0 Å². The van der Waals surface area contributed by atoms with Crippen molar-refractivity contribution in [2.45, 2.75) is 20.3 Å². The summed E-state index contributed by atoms with van der Waals surface area (Å²) >= 11 is 1.69. The van der Waals surface area contributed by atoms with Crippen LogP contribution >= 0.6 is 11.3 Å². The predicted octanol–water partition coefficient (Wildman–Crippen LogP) is 3.12. The quantitative estimate of drug-likeness (QED) is 0.766. The zero-order valence-corrected chi connectivity index (χ0v) is 13.0. The van der Waals surface area contributed by atoms with Crippen LogP contribution in [-0.2, 0) is 6.42 Å². The highest BCUT2D eigenvalue weighted by Crippen LogP contribution is 2.21. The molecule has 0 aromatic carbocycles. The predicted molar refractivity (Wildman–Crippen MR) is 83.6 cm³/mol. The van der Waals surface area contributed by atoms with E-state index in [-0.39, 0.29) is 5.78 Å². The number of rotatable bonds is 6. The fourth-order valence-corrected chi connectivity index (χ4v) is 3.11. The van der Waals surface area contributed by atoms with Crippen molar-refractivity contribution in [2.24, 2.45) is 0 Å². The van der Waals surface area contributed by atoms with Crippen molar-refractivity contribution in [3.05, 3.63) is 51.5 Å². The van der Waals surface area contributed by atoms with Crippen molar-refractivity contribution in [2.75, 3.05) is 20.1 Å². The van der Waals surface area contributed by atoms with Crippen LogP contribution in [0.4, 0.5) is 0 Å². The molecule has 20 heavy (non-hydrogen) atoms. The number of thiophene rings is 1. The van der Waals surface area contributed by atoms with Gasteiger partial charge in [-0.3, -0.25) is 14.7 Å². The van der Waals surface area contributed by atoms with Gasteiger partial charge in [-0.05, 0) is 39.1 Å². The molecule has 2 aromatic rings. The van der Waals surface area contributed by atoms with Gasteiger partial charge in [-0.15, -0.1) is 11.3 Å². The van der Waals surface area contributed by atoms with Gasteiger partial charge in [0, 0.05) is 40.2 Å². The van der Waals surface area contributed by atoms with Crippen LogP contribution in [-0.4, -0.2) is 35.8 Å². The van der Waals surface area contributed by atoms with Gasteiger partial charge in [0.1, 0.15) is 0 Å². The summed E-state index contributed by atoms with van der Waals surface area (Å²) in [7, 11) is 1.98. The van der Waals surface area contributed by atoms with Crippen molar-refractivity contribution in [3.8, 4) is 0 Å². The molecule has 0 atom stereocenters. The summed E-state index contributed by atoms with van der Waals surface area (Å²) in [6.45, 7) is 5.35. The van der Waals surface area contributed by atoms with Gasteiger partial charge in [0.15, 0.2) is 5.78 Å². The molecule has 0 amide bonds. The van der Waals surface area contributed by atoms with Crippen molar-refractivity contribution in [1.29, 1.82) is 0 Å². The summed E-state index contributed by atoms with van der Waals surface area (Å²) in [4.78, 5) is 20.9. The molecule has 106 valence electrons. The molecule has 2 aromatic heterocycles. The molecule has 2 rings (SSSR count). The lowest BCUT2D eigenvalue weighted by molar-refractivity contribution is 0.0946. The summed E-state index contributed by atoms with van der Waals surface area (Å²) in [5.41, 5.74) is 1.94. The molecule has 0 saturated heterocycles. The number of ketones is 1. The SMILES string of the molecule is Cc1cc(C(=O)CN(C)CCc2ccccn2)c(C)s1. The maximum absolute atomic E-state index is 12.2. The Labute approximate surface area is 124 Å². The van der Waals surface area contributed by atoms with Crippen LogP contribution in [0.25, 0.3) is 0 Å². The molecule has 3 nitrogen and oxygen atoms in total. The third kappa shape index (κ3) is 3.99. The summed E-state index contributed by atoms with van der Waals surface area (Å²) < 4.78 is 0. The van der Waals surface area contributed by atoms with E-state index in [0.717, 1.165) is 29.1 Å². The van der Waals surface area contributed by atoms with Crippen LogP contribution < -0.4 is 0 Å². The Morgan fingerprint density at radius 3 is 2.75 bits per heavy atom. The largest absolute Gasteiger partial charge is 0.299 e. The van der Waals surface area contributed by atoms with Crippen LogP contribution in [0.2, 0.25) is 0 Å². The molecular weight excluding hydrogens is 268 g/mol. The number of carbonyl (C=O) groups is 1. The van der Waals surface area contributed by atoms with Crippen molar-refractivity contribution < 1.29 is 4.79 Å². The summed E-state index contributed by atoms with van der Waals surface area (Å²) in [5.74, 6) is 0.204. The maximum atomic E-state index is 12.2. The van der Waals surface area contributed by atoms with Gasteiger partial charge in [-0.1, -0.05) is 6.07 Å². The molecule has 0 radical (unpaired) electrons. The van der Waals surface area contributed by atoms with Gasteiger partial charge in [0.2, 0.25) is 0 Å². The van der Waals surface area contributed by atoms with E-state index >= 15 is 0 Å². The van der Waals surface area contributed by atoms with Crippen LogP contribution in [0.1, 0.15) is 25.8 Å². The normalized spacial score (nSPS) is 11.0. The second kappa shape index (κ2) is 6.77. The fraction of sp³-hybridized carbons (Fsp3) is 0.375. The van der Waals surface area contributed by atoms with Gasteiger partial charge in [-0.25, -0.2) is 0 Å². The Morgan fingerprint density at radius 2 is 2.15 bits per heavy atom. The molecule has 0 N–H and O–H groups in total. The third-order valence-corrected chi connectivity index (χ3v) is 4.20. The Bertz CT molecular complexity index is 577. The molecule has 0 fully saturated rings. The number of hydrogen-bond acceptors (Lipinski definition) is 4. The second-order valence-electron chi connectivity index (χ2n) is 5.06. The van der Waals surface area contributed by atoms with Crippen LogP contribution in [0.15, 0.2) is 30.5 Å². The topological polar surface area (TPSA) is 33.2 Å². The Morgan fingerprint density at radius 1 is 1.35 bits per heavy atom. The lowest BCUT2D eigenvalue weighted by Crippen LogP contribution is -2.28. The minimum absolute atomic E-state index is 0.204. The zero-order valence-electron chi connectivity index (χ0n) is 12.2. The summed E-state index contributed by atoms with van der Waals surface area (Å²) in [5, 5.41) is 0. The van der Waals surface area contributed by atoms with Gasteiger partial charge in [-0.2, -0.15) is 0 Å². The van der Waals surface area contributed by atoms with E-state index in [1.165, 1.54) is 4.88 Å². The van der Waals surface area contributed by atoms with Gasteiger partial charge >= 0.3 is 0 Å². The highest BCUT2D eigenvalue weighted by molar-refractivity contribution is 7.12. The smallest absolute Gasteiger partial charge is 0.177 e. The second-order valence-corrected chi connectivity index (χ2v) is 6.52. The van der Waals surface area contributed by atoms with Crippen molar-refractivity contribution in [1.82, 2.24) is 9.88 Å². The maximum Gasteiger partial charge on any atom is 0.177 e. The number of nitrogens with zero attached hydrogens (tertiary/aromatic N) is 2. The monoisotopic (exact) mass is 288 g/mol. The number of aromatic nitrogens is 1. The first-order valence-electron chi connectivity index (χ1n) is 6.75. The molecule has 0 unspecified atom stereocenters.